The van der Waals surface area contributed by atoms with Crippen molar-refractivity contribution >= 4 is 27.8 Å². The number of ketones is 1. The zero-order valence-electron chi connectivity index (χ0n) is 10.5. The molecule has 0 N–H and O–H groups in total. The number of amides is 1. The predicted octanol–water partition coefficient (Wildman–Crippen LogP) is 2.75. The molecule has 1 aliphatic rings. The van der Waals surface area contributed by atoms with Gasteiger partial charge in [-0.25, -0.2) is 4.79 Å². The largest absolute Gasteiger partial charge is 0.445 e. The fraction of sp³-hybridized carbons (Fsp3) is 0.429. The summed E-state index contributed by atoms with van der Waals surface area (Å²) in [4.78, 5) is 25.2. The average molecular weight is 326 g/mol. The summed E-state index contributed by atoms with van der Waals surface area (Å²) in [7, 11) is 0. The third kappa shape index (κ3) is 3.56. The van der Waals surface area contributed by atoms with Gasteiger partial charge in [0.15, 0.2) is 5.78 Å². The summed E-state index contributed by atoms with van der Waals surface area (Å²) in [6.07, 6.45) is 1.18. The van der Waals surface area contributed by atoms with E-state index in [1.54, 1.807) is 0 Å². The maximum absolute atomic E-state index is 12.0. The Bertz CT molecular complexity index is 449. The topological polar surface area (TPSA) is 46.6 Å². The molecule has 0 radical (unpaired) electrons. The van der Waals surface area contributed by atoms with Crippen LogP contribution in [0.1, 0.15) is 18.4 Å². The van der Waals surface area contributed by atoms with E-state index >= 15 is 0 Å². The highest BCUT2D eigenvalue weighted by molar-refractivity contribution is 9.09. The quantitative estimate of drug-likeness (QED) is 0.800. The Labute approximate surface area is 120 Å². The van der Waals surface area contributed by atoms with Crippen LogP contribution in [0.15, 0.2) is 30.3 Å². The molecular weight excluding hydrogens is 310 g/mol. The van der Waals surface area contributed by atoms with Crippen LogP contribution in [0.2, 0.25) is 0 Å². The van der Waals surface area contributed by atoms with E-state index in [4.69, 9.17) is 4.74 Å². The number of alkyl halides is 1. The zero-order chi connectivity index (χ0) is 13.7. The average Bonchev–Trinajstić information content (AvgIpc) is 2.94. The number of hydrogen-bond donors (Lipinski definition) is 0. The van der Waals surface area contributed by atoms with Gasteiger partial charge in [0, 0.05) is 6.54 Å². The summed E-state index contributed by atoms with van der Waals surface area (Å²) < 4.78 is 5.26. The van der Waals surface area contributed by atoms with Crippen LogP contribution in [-0.2, 0) is 16.1 Å². The predicted molar refractivity (Wildman–Crippen MR) is 75.2 cm³/mol. The maximum atomic E-state index is 12.0. The number of hydrogen-bond acceptors (Lipinski definition) is 3. The maximum Gasteiger partial charge on any atom is 0.410 e. The molecule has 19 heavy (non-hydrogen) atoms. The molecule has 0 spiro atoms. The van der Waals surface area contributed by atoms with Gasteiger partial charge in [-0.1, -0.05) is 46.3 Å². The van der Waals surface area contributed by atoms with Crippen LogP contribution < -0.4 is 0 Å². The lowest BCUT2D eigenvalue weighted by molar-refractivity contribution is -0.120. The number of ether oxygens (including phenoxy) is 1. The van der Waals surface area contributed by atoms with E-state index in [9.17, 15) is 9.59 Å². The minimum absolute atomic E-state index is 0.0363. The number of Topliss-reactive ketones (excluding diaryl/α,β-unsaturated/α-hetero) is 1. The van der Waals surface area contributed by atoms with Crippen LogP contribution in [-0.4, -0.2) is 34.7 Å². The lowest BCUT2D eigenvalue weighted by atomic mass is 10.1. The highest BCUT2D eigenvalue weighted by Gasteiger charge is 2.34. The number of benzene rings is 1. The van der Waals surface area contributed by atoms with Crippen molar-refractivity contribution in [2.75, 3.05) is 11.9 Å². The minimum atomic E-state index is -0.402. The number of halogens is 1. The standard InChI is InChI=1S/C14H16BrNO3/c15-9-13(17)12-7-4-8-16(12)14(18)19-10-11-5-2-1-3-6-11/h1-3,5-6,12H,4,7-10H2. The Hall–Kier alpha value is -1.36. The first-order valence-electron chi connectivity index (χ1n) is 6.28. The van der Waals surface area contributed by atoms with E-state index in [1.807, 2.05) is 30.3 Å². The first kappa shape index (κ1) is 14.1. The van der Waals surface area contributed by atoms with Gasteiger partial charge in [-0.15, -0.1) is 0 Å². The van der Waals surface area contributed by atoms with Crippen molar-refractivity contribution < 1.29 is 14.3 Å². The molecule has 0 aliphatic carbocycles. The van der Waals surface area contributed by atoms with Crippen LogP contribution in [0.3, 0.4) is 0 Å². The van der Waals surface area contributed by atoms with Crippen molar-refractivity contribution in [1.29, 1.82) is 0 Å². The van der Waals surface area contributed by atoms with Crippen LogP contribution >= 0.6 is 15.9 Å². The molecule has 1 atom stereocenters. The molecule has 5 heteroatoms. The fourth-order valence-corrected chi connectivity index (χ4v) is 2.58. The zero-order valence-corrected chi connectivity index (χ0v) is 12.1. The Morgan fingerprint density at radius 2 is 2.05 bits per heavy atom. The monoisotopic (exact) mass is 325 g/mol. The third-order valence-corrected chi connectivity index (χ3v) is 3.75. The summed E-state index contributed by atoms with van der Waals surface area (Å²) in [5.41, 5.74) is 0.943. The second-order valence-corrected chi connectivity index (χ2v) is 5.05. The van der Waals surface area contributed by atoms with Crippen molar-refractivity contribution in [3.05, 3.63) is 35.9 Å². The molecule has 0 bridgehead atoms. The molecule has 2 rings (SSSR count). The van der Waals surface area contributed by atoms with E-state index in [1.165, 1.54) is 4.90 Å². The fourth-order valence-electron chi connectivity index (χ4n) is 2.21. The molecule has 1 fully saturated rings. The number of carbonyl (C=O) groups is 2. The number of carbonyl (C=O) groups excluding carboxylic acids is 2. The lowest BCUT2D eigenvalue weighted by Gasteiger charge is -2.22. The molecule has 102 valence electrons. The van der Waals surface area contributed by atoms with Gasteiger partial charge in [-0.3, -0.25) is 9.69 Å². The van der Waals surface area contributed by atoms with Gasteiger partial charge in [-0.05, 0) is 18.4 Å². The Morgan fingerprint density at radius 3 is 2.74 bits per heavy atom. The second-order valence-electron chi connectivity index (χ2n) is 4.49. The Balaban J connectivity index is 1.90. The van der Waals surface area contributed by atoms with Crippen LogP contribution in [0.25, 0.3) is 0 Å². The van der Waals surface area contributed by atoms with Gasteiger partial charge in [0.2, 0.25) is 0 Å². The molecule has 1 saturated heterocycles. The molecule has 1 aliphatic heterocycles. The molecule has 1 aromatic carbocycles. The highest BCUT2D eigenvalue weighted by atomic mass is 79.9. The van der Waals surface area contributed by atoms with E-state index in [0.717, 1.165) is 18.4 Å². The van der Waals surface area contributed by atoms with Crippen molar-refractivity contribution in [2.45, 2.75) is 25.5 Å². The Kier molecular flexibility index (Phi) is 4.96. The third-order valence-electron chi connectivity index (χ3n) is 3.20. The van der Waals surface area contributed by atoms with E-state index in [-0.39, 0.29) is 23.8 Å². The van der Waals surface area contributed by atoms with Gasteiger partial charge in [-0.2, -0.15) is 0 Å². The number of rotatable bonds is 4. The molecule has 1 aromatic rings. The van der Waals surface area contributed by atoms with Crippen LogP contribution in [0.5, 0.6) is 0 Å². The van der Waals surface area contributed by atoms with Crippen molar-refractivity contribution in [2.24, 2.45) is 0 Å². The van der Waals surface area contributed by atoms with Gasteiger partial charge < -0.3 is 4.74 Å². The van der Waals surface area contributed by atoms with E-state index in [0.29, 0.717) is 6.54 Å². The van der Waals surface area contributed by atoms with Gasteiger partial charge in [0.1, 0.15) is 6.61 Å². The molecule has 0 aromatic heterocycles. The van der Waals surface area contributed by atoms with Crippen molar-refractivity contribution in [3.63, 3.8) is 0 Å². The molecule has 0 saturated carbocycles. The van der Waals surface area contributed by atoms with Crippen LogP contribution in [0.4, 0.5) is 4.79 Å². The minimum Gasteiger partial charge on any atom is -0.445 e. The highest BCUT2D eigenvalue weighted by Crippen LogP contribution is 2.20. The first-order valence-corrected chi connectivity index (χ1v) is 7.40. The summed E-state index contributed by atoms with van der Waals surface area (Å²) in [6.45, 7) is 0.836. The summed E-state index contributed by atoms with van der Waals surface area (Å²) in [5.74, 6) is 0.0363. The van der Waals surface area contributed by atoms with Gasteiger partial charge in [0.05, 0.1) is 11.4 Å². The SMILES string of the molecule is O=C(CBr)C1CCCN1C(=O)OCc1ccccc1. The second kappa shape index (κ2) is 6.70. The van der Waals surface area contributed by atoms with Gasteiger partial charge >= 0.3 is 6.09 Å². The van der Waals surface area contributed by atoms with Crippen molar-refractivity contribution in [3.8, 4) is 0 Å². The summed E-state index contributed by atoms with van der Waals surface area (Å²) in [5, 5.41) is 0.278. The molecule has 4 nitrogen and oxygen atoms in total. The van der Waals surface area contributed by atoms with Crippen LogP contribution in [0, 0.1) is 0 Å². The van der Waals surface area contributed by atoms with E-state index < -0.39 is 6.09 Å². The van der Waals surface area contributed by atoms with Crippen molar-refractivity contribution in [1.82, 2.24) is 4.90 Å². The molecule has 1 amide bonds. The lowest BCUT2D eigenvalue weighted by Crippen LogP contribution is -2.41. The Morgan fingerprint density at radius 1 is 1.32 bits per heavy atom. The number of likely N-dealkylation sites (tertiary alicyclic amines) is 1. The molecule has 1 heterocycles. The smallest absolute Gasteiger partial charge is 0.410 e. The summed E-state index contributed by atoms with van der Waals surface area (Å²) >= 11 is 3.15. The van der Waals surface area contributed by atoms with E-state index in [2.05, 4.69) is 15.9 Å². The normalized spacial score (nSPS) is 18.4. The van der Waals surface area contributed by atoms with Gasteiger partial charge in [0.25, 0.3) is 0 Å². The molecule has 1 unspecified atom stereocenters. The number of nitrogens with zero attached hydrogens (tertiary/aromatic N) is 1. The summed E-state index contributed by atoms with van der Waals surface area (Å²) in [6, 6.07) is 9.18. The first-order chi connectivity index (χ1) is 9.22. The molecular formula is C14H16BrNO3.